The van der Waals surface area contributed by atoms with Crippen molar-refractivity contribution in [2.45, 2.75) is 19.1 Å². The highest BCUT2D eigenvalue weighted by molar-refractivity contribution is 6.31. The van der Waals surface area contributed by atoms with Crippen LogP contribution in [0.5, 0.6) is 0 Å². The lowest BCUT2D eigenvalue weighted by Gasteiger charge is -2.11. The number of aromatic nitrogens is 2. The predicted molar refractivity (Wildman–Crippen MR) is 87.3 cm³/mol. The lowest BCUT2D eigenvalue weighted by Crippen LogP contribution is -2.07. The Morgan fingerprint density at radius 3 is 2.44 bits per heavy atom. The fourth-order valence-corrected chi connectivity index (χ4v) is 2.46. The maximum Gasteiger partial charge on any atom is 0.417 e. The van der Waals surface area contributed by atoms with Crippen LogP contribution >= 0.6 is 11.6 Å². The number of nitrogens with one attached hydrogen (secondary N) is 1. The van der Waals surface area contributed by atoms with E-state index in [2.05, 4.69) is 15.5 Å². The summed E-state index contributed by atoms with van der Waals surface area (Å²) in [5.41, 5.74) is 0.396. The van der Waals surface area contributed by atoms with Crippen LogP contribution in [0.4, 0.5) is 18.9 Å². The van der Waals surface area contributed by atoms with Gasteiger partial charge in [0.25, 0.3) is 0 Å². The maximum absolute atomic E-state index is 12.8. The van der Waals surface area contributed by atoms with E-state index in [1.165, 1.54) is 12.1 Å². The van der Waals surface area contributed by atoms with E-state index < -0.39 is 11.7 Å². The zero-order chi connectivity index (χ0) is 17.9. The Bertz CT molecular complexity index is 850. The van der Waals surface area contributed by atoms with Gasteiger partial charge in [0.2, 0.25) is 11.8 Å². The third kappa shape index (κ3) is 4.51. The molecule has 0 radical (unpaired) electrons. The Morgan fingerprint density at radius 2 is 1.72 bits per heavy atom. The molecule has 3 aromatic rings. The number of hydrogen-bond acceptors (Lipinski definition) is 4. The molecule has 0 saturated heterocycles. The first-order valence-corrected chi connectivity index (χ1v) is 7.75. The number of hydrogen-bond donors (Lipinski definition) is 1. The molecule has 25 heavy (non-hydrogen) atoms. The number of halogens is 4. The van der Waals surface area contributed by atoms with E-state index in [0.29, 0.717) is 12.3 Å². The minimum absolute atomic E-state index is 0.112. The molecule has 0 aliphatic heterocycles. The summed E-state index contributed by atoms with van der Waals surface area (Å²) >= 11 is 5.59. The van der Waals surface area contributed by atoms with Gasteiger partial charge >= 0.3 is 6.18 Å². The Hall–Kier alpha value is -2.54. The van der Waals surface area contributed by atoms with Gasteiger partial charge in [-0.2, -0.15) is 13.2 Å². The first-order valence-electron chi connectivity index (χ1n) is 7.37. The highest BCUT2D eigenvalue weighted by Gasteiger charge is 2.33. The molecule has 0 bridgehead atoms. The lowest BCUT2D eigenvalue weighted by molar-refractivity contribution is -0.137. The Morgan fingerprint density at radius 1 is 1.00 bits per heavy atom. The fraction of sp³-hybridized carbons (Fsp3) is 0.176. The number of nitrogens with zero attached hydrogens (tertiary/aromatic N) is 2. The second kappa shape index (κ2) is 7.14. The van der Waals surface area contributed by atoms with Crippen LogP contribution in [0.2, 0.25) is 5.02 Å². The molecular formula is C17H13ClF3N3O. The van der Waals surface area contributed by atoms with E-state index in [0.717, 1.165) is 11.6 Å². The largest absolute Gasteiger partial charge is 0.423 e. The molecule has 3 rings (SSSR count). The Labute approximate surface area is 146 Å². The highest BCUT2D eigenvalue weighted by atomic mass is 35.5. The van der Waals surface area contributed by atoms with Crippen molar-refractivity contribution in [1.29, 1.82) is 0 Å². The molecule has 1 N–H and O–H groups in total. The summed E-state index contributed by atoms with van der Waals surface area (Å²) < 4.78 is 44.0. The van der Waals surface area contributed by atoms with E-state index in [4.69, 9.17) is 16.0 Å². The molecule has 4 nitrogen and oxygen atoms in total. The van der Waals surface area contributed by atoms with Gasteiger partial charge in [0, 0.05) is 5.69 Å². The second-order valence-corrected chi connectivity index (χ2v) is 5.71. The van der Waals surface area contributed by atoms with Crippen LogP contribution in [0, 0.1) is 0 Å². The molecular weight excluding hydrogens is 355 g/mol. The second-order valence-electron chi connectivity index (χ2n) is 5.30. The summed E-state index contributed by atoms with van der Waals surface area (Å²) in [6.07, 6.45) is -4.02. The van der Waals surface area contributed by atoms with Gasteiger partial charge in [-0.15, -0.1) is 10.2 Å². The van der Waals surface area contributed by atoms with Crippen LogP contribution < -0.4 is 5.32 Å². The standard InChI is InChI=1S/C17H13ClF3N3O/c18-14-7-6-12(9-13(14)17(19,20)21)22-10-16-24-23-15(25-16)8-11-4-2-1-3-5-11/h1-7,9,22H,8,10H2. The minimum Gasteiger partial charge on any atom is -0.423 e. The summed E-state index contributed by atoms with van der Waals surface area (Å²) in [5.74, 6) is 0.726. The van der Waals surface area contributed by atoms with Crippen LogP contribution in [-0.4, -0.2) is 10.2 Å². The van der Waals surface area contributed by atoms with Gasteiger partial charge in [-0.05, 0) is 23.8 Å². The molecule has 1 aromatic heterocycles. The lowest BCUT2D eigenvalue weighted by atomic mass is 10.2. The Kier molecular flexibility index (Phi) is 4.94. The van der Waals surface area contributed by atoms with Gasteiger partial charge in [-0.25, -0.2) is 0 Å². The van der Waals surface area contributed by atoms with Crippen molar-refractivity contribution < 1.29 is 17.6 Å². The normalized spacial score (nSPS) is 11.5. The van der Waals surface area contributed by atoms with Crippen molar-refractivity contribution in [1.82, 2.24) is 10.2 Å². The van der Waals surface area contributed by atoms with Crippen LogP contribution in [0.15, 0.2) is 52.9 Å². The summed E-state index contributed by atoms with van der Waals surface area (Å²) in [5, 5.41) is 10.3. The molecule has 1 heterocycles. The third-order valence-electron chi connectivity index (χ3n) is 3.42. The SMILES string of the molecule is FC(F)(F)c1cc(NCc2nnc(Cc3ccccc3)o2)ccc1Cl. The smallest absolute Gasteiger partial charge is 0.417 e. The molecule has 0 amide bonds. The minimum atomic E-state index is -4.51. The molecule has 2 aromatic carbocycles. The summed E-state index contributed by atoms with van der Waals surface area (Å²) in [6, 6.07) is 13.2. The number of benzene rings is 2. The number of anilines is 1. The molecule has 130 valence electrons. The highest BCUT2D eigenvalue weighted by Crippen LogP contribution is 2.36. The zero-order valence-electron chi connectivity index (χ0n) is 12.8. The van der Waals surface area contributed by atoms with Crippen molar-refractivity contribution in [3.8, 4) is 0 Å². The van der Waals surface area contributed by atoms with E-state index in [9.17, 15) is 13.2 Å². The van der Waals surface area contributed by atoms with Gasteiger partial charge in [0.05, 0.1) is 23.6 Å². The van der Waals surface area contributed by atoms with Gasteiger partial charge < -0.3 is 9.73 Å². The average Bonchev–Trinajstić information content (AvgIpc) is 3.01. The van der Waals surface area contributed by atoms with E-state index in [1.807, 2.05) is 30.3 Å². The fourth-order valence-electron chi connectivity index (χ4n) is 2.23. The molecule has 8 heteroatoms. The molecule has 0 aliphatic rings. The van der Waals surface area contributed by atoms with E-state index in [-0.39, 0.29) is 23.1 Å². The van der Waals surface area contributed by atoms with Gasteiger partial charge in [-0.3, -0.25) is 0 Å². The van der Waals surface area contributed by atoms with Crippen LogP contribution in [-0.2, 0) is 19.1 Å². The van der Waals surface area contributed by atoms with Crippen LogP contribution in [0.25, 0.3) is 0 Å². The third-order valence-corrected chi connectivity index (χ3v) is 3.75. The van der Waals surface area contributed by atoms with E-state index >= 15 is 0 Å². The topological polar surface area (TPSA) is 51.0 Å². The van der Waals surface area contributed by atoms with Crippen molar-refractivity contribution in [3.05, 3.63) is 76.5 Å². The average molecular weight is 368 g/mol. The monoisotopic (exact) mass is 367 g/mol. The zero-order valence-corrected chi connectivity index (χ0v) is 13.6. The first-order chi connectivity index (χ1) is 11.9. The van der Waals surface area contributed by atoms with Crippen molar-refractivity contribution in [2.75, 3.05) is 5.32 Å². The van der Waals surface area contributed by atoms with Gasteiger partial charge in [0.15, 0.2) is 0 Å². The number of rotatable bonds is 5. The molecule has 0 atom stereocenters. The predicted octanol–water partition coefficient (Wildman–Crippen LogP) is 4.94. The summed E-state index contributed by atoms with van der Waals surface area (Å²) in [6.45, 7) is 0.112. The van der Waals surface area contributed by atoms with Crippen molar-refractivity contribution in [2.24, 2.45) is 0 Å². The van der Waals surface area contributed by atoms with Crippen LogP contribution in [0.3, 0.4) is 0 Å². The molecule has 0 fully saturated rings. The van der Waals surface area contributed by atoms with Crippen molar-refractivity contribution >= 4 is 17.3 Å². The summed E-state index contributed by atoms with van der Waals surface area (Å²) in [4.78, 5) is 0. The van der Waals surface area contributed by atoms with Gasteiger partial charge in [0.1, 0.15) is 0 Å². The molecule has 0 unspecified atom stereocenters. The first kappa shape index (κ1) is 17.3. The maximum atomic E-state index is 12.8. The molecule has 0 spiro atoms. The van der Waals surface area contributed by atoms with Crippen LogP contribution in [0.1, 0.15) is 22.9 Å². The van der Waals surface area contributed by atoms with E-state index in [1.54, 1.807) is 0 Å². The molecule has 0 saturated carbocycles. The quantitative estimate of drug-likeness (QED) is 0.693. The van der Waals surface area contributed by atoms with Crippen molar-refractivity contribution in [3.63, 3.8) is 0 Å². The van der Waals surface area contributed by atoms with Gasteiger partial charge in [-0.1, -0.05) is 41.9 Å². The molecule has 0 aliphatic carbocycles. The summed E-state index contributed by atoms with van der Waals surface area (Å²) in [7, 11) is 0. The Balaban J connectivity index is 1.65. The number of alkyl halides is 3.